The van der Waals surface area contributed by atoms with Crippen molar-refractivity contribution in [3.63, 3.8) is 0 Å². The van der Waals surface area contributed by atoms with Crippen molar-refractivity contribution in [3.05, 3.63) is 22.4 Å². The molecule has 1 amide bonds. The van der Waals surface area contributed by atoms with Gasteiger partial charge in [-0.2, -0.15) is 0 Å². The highest BCUT2D eigenvalue weighted by molar-refractivity contribution is 9.10. The lowest BCUT2D eigenvalue weighted by Crippen LogP contribution is -2.57. The van der Waals surface area contributed by atoms with Crippen molar-refractivity contribution in [1.82, 2.24) is 9.88 Å². The van der Waals surface area contributed by atoms with Crippen LogP contribution in [0.1, 0.15) is 45.1 Å². The summed E-state index contributed by atoms with van der Waals surface area (Å²) in [5.74, 6) is -1.23. The second kappa shape index (κ2) is 5.60. The number of aryl methyl sites for hydroxylation is 1. The van der Waals surface area contributed by atoms with Gasteiger partial charge in [0.1, 0.15) is 5.69 Å². The summed E-state index contributed by atoms with van der Waals surface area (Å²) in [5.41, 5.74) is -1.46. The molecule has 1 aromatic heterocycles. The highest BCUT2D eigenvalue weighted by Gasteiger charge is 2.44. The van der Waals surface area contributed by atoms with Gasteiger partial charge in [-0.3, -0.25) is 9.59 Å². The van der Waals surface area contributed by atoms with E-state index >= 15 is 0 Å². The first kappa shape index (κ1) is 16.8. The van der Waals surface area contributed by atoms with Crippen molar-refractivity contribution >= 4 is 27.8 Å². The maximum absolute atomic E-state index is 12.4. The Bertz CT molecular complexity index is 533. The molecule has 2 N–H and O–H groups in total. The summed E-state index contributed by atoms with van der Waals surface area (Å²) >= 11 is 3.34. The summed E-state index contributed by atoms with van der Waals surface area (Å²) in [6, 6.07) is 1.72. The summed E-state index contributed by atoms with van der Waals surface area (Å²) in [6.07, 6.45) is 1.82. The molecule has 1 rings (SSSR count). The molecule has 0 aliphatic heterocycles. The minimum Gasteiger partial charge on any atom is -0.481 e. The monoisotopic (exact) mass is 344 g/mol. The number of aliphatic carboxylic acids is 1. The van der Waals surface area contributed by atoms with Gasteiger partial charge in [0.15, 0.2) is 0 Å². The van der Waals surface area contributed by atoms with Crippen LogP contribution in [0.3, 0.4) is 0 Å². The third kappa shape index (κ3) is 3.06. The molecule has 6 heteroatoms. The van der Waals surface area contributed by atoms with Crippen LogP contribution in [0, 0.1) is 5.41 Å². The average molecular weight is 345 g/mol. The fourth-order valence-electron chi connectivity index (χ4n) is 1.70. The Balaban J connectivity index is 3.03. The van der Waals surface area contributed by atoms with E-state index in [4.69, 9.17) is 0 Å². The van der Waals surface area contributed by atoms with Crippen LogP contribution in [0.4, 0.5) is 0 Å². The van der Waals surface area contributed by atoms with Crippen molar-refractivity contribution in [1.29, 1.82) is 0 Å². The normalized spacial score (nSPS) is 12.3. The van der Waals surface area contributed by atoms with Gasteiger partial charge in [-0.15, -0.1) is 0 Å². The molecule has 5 nitrogen and oxygen atoms in total. The zero-order chi connectivity index (χ0) is 15.7. The van der Waals surface area contributed by atoms with Crippen LogP contribution in [0.25, 0.3) is 0 Å². The molecule has 0 fully saturated rings. The van der Waals surface area contributed by atoms with E-state index in [-0.39, 0.29) is 5.91 Å². The summed E-state index contributed by atoms with van der Waals surface area (Å²) in [4.78, 5) is 23.7. The molecule has 20 heavy (non-hydrogen) atoms. The number of amides is 1. The fourth-order valence-corrected chi connectivity index (χ4v) is 2.16. The topological polar surface area (TPSA) is 71.3 Å². The van der Waals surface area contributed by atoms with Gasteiger partial charge >= 0.3 is 5.97 Å². The summed E-state index contributed by atoms with van der Waals surface area (Å²) in [6.45, 7) is 9.24. The Hall–Kier alpha value is -1.30. The Morgan fingerprint density at radius 2 is 1.90 bits per heavy atom. The minimum absolute atomic E-state index is 0.281. The fraction of sp³-hybridized carbons (Fsp3) is 0.571. The van der Waals surface area contributed by atoms with E-state index in [9.17, 15) is 14.7 Å². The first-order chi connectivity index (χ1) is 9.02. The van der Waals surface area contributed by atoms with Crippen molar-refractivity contribution in [3.8, 4) is 0 Å². The number of carbonyl (C=O) groups is 2. The third-order valence-electron chi connectivity index (χ3n) is 3.96. The number of carbonyl (C=O) groups excluding carboxylic acids is 1. The number of aromatic nitrogens is 1. The number of hydrogen-bond acceptors (Lipinski definition) is 2. The predicted octanol–water partition coefficient (Wildman–Crippen LogP) is 2.89. The quantitative estimate of drug-likeness (QED) is 0.862. The second-order valence-corrected chi connectivity index (χ2v) is 6.75. The Kier molecular flexibility index (Phi) is 4.69. The molecule has 0 bridgehead atoms. The van der Waals surface area contributed by atoms with E-state index in [1.165, 1.54) is 0 Å². The maximum atomic E-state index is 12.4. The average Bonchev–Trinajstić information content (AvgIpc) is 2.69. The Morgan fingerprint density at radius 3 is 2.35 bits per heavy atom. The second-order valence-electron chi connectivity index (χ2n) is 5.84. The molecule has 1 aromatic rings. The SMILES string of the molecule is CCn1cc(Br)cc1C(=O)NC(C)(C)C(C)(C)C(=O)O. The number of rotatable bonds is 5. The Morgan fingerprint density at radius 1 is 1.35 bits per heavy atom. The number of carboxylic acid groups (broad SMARTS) is 1. The molecule has 0 aliphatic carbocycles. The highest BCUT2D eigenvalue weighted by Crippen LogP contribution is 2.31. The molecule has 0 saturated carbocycles. The van der Waals surface area contributed by atoms with Crippen LogP contribution >= 0.6 is 15.9 Å². The lowest BCUT2D eigenvalue weighted by molar-refractivity contribution is -0.150. The molecule has 0 unspecified atom stereocenters. The van der Waals surface area contributed by atoms with Gasteiger partial charge in [-0.05, 0) is 56.6 Å². The van der Waals surface area contributed by atoms with E-state index in [0.29, 0.717) is 12.2 Å². The predicted molar refractivity (Wildman–Crippen MR) is 80.8 cm³/mol. The lowest BCUT2D eigenvalue weighted by Gasteiger charge is -2.38. The number of nitrogens with zero attached hydrogens (tertiary/aromatic N) is 1. The van der Waals surface area contributed by atoms with E-state index in [0.717, 1.165) is 4.47 Å². The molecule has 0 atom stereocenters. The smallest absolute Gasteiger partial charge is 0.311 e. The van der Waals surface area contributed by atoms with Crippen LogP contribution in [-0.2, 0) is 11.3 Å². The van der Waals surface area contributed by atoms with Crippen molar-refractivity contribution in [2.45, 2.75) is 46.7 Å². The van der Waals surface area contributed by atoms with Gasteiger partial charge in [-0.25, -0.2) is 0 Å². The van der Waals surface area contributed by atoms with Crippen molar-refractivity contribution in [2.75, 3.05) is 0 Å². The van der Waals surface area contributed by atoms with E-state index < -0.39 is 16.9 Å². The zero-order valence-corrected chi connectivity index (χ0v) is 14.0. The molecule has 0 spiro atoms. The Labute approximate surface area is 127 Å². The molecule has 0 aliphatic rings. The first-order valence-electron chi connectivity index (χ1n) is 6.44. The van der Waals surface area contributed by atoms with Crippen molar-refractivity contribution < 1.29 is 14.7 Å². The van der Waals surface area contributed by atoms with Gasteiger partial charge in [0.05, 0.1) is 11.0 Å². The van der Waals surface area contributed by atoms with Crippen LogP contribution in [0.5, 0.6) is 0 Å². The van der Waals surface area contributed by atoms with E-state index in [2.05, 4.69) is 21.2 Å². The molecule has 112 valence electrons. The highest BCUT2D eigenvalue weighted by atomic mass is 79.9. The summed E-state index contributed by atoms with van der Waals surface area (Å²) in [5, 5.41) is 12.1. The van der Waals surface area contributed by atoms with E-state index in [1.54, 1.807) is 33.8 Å². The van der Waals surface area contributed by atoms with Crippen LogP contribution in [0.15, 0.2) is 16.7 Å². The molecule has 0 aromatic carbocycles. The zero-order valence-electron chi connectivity index (χ0n) is 12.5. The molecule has 0 saturated heterocycles. The first-order valence-corrected chi connectivity index (χ1v) is 7.24. The minimum atomic E-state index is -1.08. The number of nitrogens with one attached hydrogen (secondary N) is 1. The van der Waals surface area contributed by atoms with Gasteiger partial charge in [-0.1, -0.05) is 0 Å². The maximum Gasteiger partial charge on any atom is 0.311 e. The molecule has 1 heterocycles. The van der Waals surface area contributed by atoms with Gasteiger partial charge in [0.2, 0.25) is 0 Å². The molecule has 0 radical (unpaired) electrons. The van der Waals surface area contributed by atoms with Gasteiger partial charge in [0, 0.05) is 17.2 Å². The van der Waals surface area contributed by atoms with Crippen molar-refractivity contribution in [2.24, 2.45) is 5.41 Å². The molecular weight excluding hydrogens is 324 g/mol. The van der Waals surface area contributed by atoms with Gasteiger partial charge < -0.3 is 15.0 Å². The number of carboxylic acids is 1. The van der Waals surface area contributed by atoms with Crippen LogP contribution in [-0.4, -0.2) is 27.1 Å². The third-order valence-corrected chi connectivity index (χ3v) is 4.39. The van der Waals surface area contributed by atoms with E-state index in [1.807, 2.05) is 17.7 Å². The van der Waals surface area contributed by atoms with Gasteiger partial charge in [0.25, 0.3) is 5.91 Å². The number of hydrogen-bond donors (Lipinski definition) is 2. The summed E-state index contributed by atoms with van der Waals surface area (Å²) < 4.78 is 2.63. The summed E-state index contributed by atoms with van der Waals surface area (Å²) in [7, 11) is 0. The van der Waals surface area contributed by atoms with Crippen LogP contribution < -0.4 is 5.32 Å². The largest absolute Gasteiger partial charge is 0.481 e. The number of halogens is 1. The van der Waals surface area contributed by atoms with Crippen LogP contribution in [0.2, 0.25) is 0 Å². The lowest BCUT2D eigenvalue weighted by atomic mass is 9.74. The standard InChI is InChI=1S/C14H21BrN2O3/c1-6-17-8-9(15)7-10(17)11(18)16-14(4,5)13(2,3)12(19)20/h7-8H,6H2,1-5H3,(H,16,18)(H,19,20). The molecular formula is C14H21BrN2O3.